The summed E-state index contributed by atoms with van der Waals surface area (Å²) in [4.78, 5) is 10.7. The lowest BCUT2D eigenvalue weighted by molar-refractivity contribution is -0.137. The van der Waals surface area contributed by atoms with Gasteiger partial charge in [0.25, 0.3) is 0 Å². The standard InChI is InChI=1S/C14H19NO3/c15-12(8-14(17)18)11-6-9-4-2-1-3-5-10(9)7-13(11)16/h6-7,12,16H,1-5,8,15H2,(H,17,18). The first-order valence-electron chi connectivity index (χ1n) is 6.40. The number of benzene rings is 1. The third-order valence-corrected chi connectivity index (χ3v) is 3.54. The van der Waals surface area contributed by atoms with E-state index in [4.69, 9.17) is 10.8 Å². The molecule has 1 aliphatic rings. The maximum Gasteiger partial charge on any atom is 0.305 e. The highest BCUT2D eigenvalue weighted by atomic mass is 16.4. The molecule has 4 N–H and O–H groups in total. The Hall–Kier alpha value is -1.55. The van der Waals surface area contributed by atoms with E-state index in [2.05, 4.69) is 0 Å². The van der Waals surface area contributed by atoms with Crippen LogP contribution in [-0.4, -0.2) is 16.2 Å². The molecule has 0 amide bonds. The molecule has 0 saturated heterocycles. The normalized spacial score (nSPS) is 16.7. The Morgan fingerprint density at radius 2 is 1.83 bits per heavy atom. The topological polar surface area (TPSA) is 83.6 Å². The lowest BCUT2D eigenvalue weighted by Gasteiger charge is -2.15. The zero-order valence-corrected chi connectivity index (χ0v) is 10.4. The van der Waals surface area contributed by atoms with E-state index in [1.54, 1.807) is 6.07 Å². The molecule has 18 heavy (non-hydrogen) atoms. The number of phenolic OH excluding ortho intramolecular Hbond substituents is 1. The Morgan fingerprint density at radius 1 is 1.22 bits per heavy atom. The van der Waals surface area contributed by atoms with Gasteiger partial charge in [0.15, 0.2) is 0 Å². The molecule has 1 unspecified atom stereocenters. The molecular weight excluding hydrogens is 230 g/mol. The van der Waals surface area contributed by atoms with E-state index in [-0.39, 0.29) is 12.2 Å². The predicted molar refractivity (Wildman–Crippen MR) is 68.5 cm³/mol. The molecule has 2 rings (SSSR count). The van der Waals surface area contributed by atoms with E-state index in [1.807, 2.05) is 6.07 Å². The third-order valence-electron chi connectivity index (χ3n) is 3.54. The van der Waals surface area contributed by atoms with Gasteiger partial charge in [-0.3, -0.25) is 4.79 Å². The van der Waals surface area contributed by atoms with E-state index < -0.39 is 12.0 Å². The highest BCUT2D eigenvalue weighted by Crippen LogP contribution is 2.31. The molecule has 4 heteroatoms. The van der Waals surface area contributed by atoms with Crippen molar-refractivity contribution in [2.45, 2.75) is 44.6 Å². The number of hydrogen-bond acceptors (Lipinski definition) is 3. The van der Waals surface area contributed by atoms with Gasteiger partial charge in [-0.1, -0.05) is 12.5 Å². The second kappa shape index (κ2) is 5.40. The van der Waals surface area contributed by atoms with Gasteiger partial charge < -0.3 is 15.9 Å². The fourth-order valence-corrected chi connectivity index (χ4v) is 2.56. The van der Waals surface area contributed by atoms with Crippen LogP contribution in [0.3, 0.4) is 0 Å². The van der Waals surface area contributed by atoms with Crippen molar-refractivity contribution < 1.29 is 15.0 Å². The smallest absolute Gasteiger partial charge is 0.305 e. The molecular formula is C14H19NO3. The van der Waals surface area contributed by atoms with Crippen LogP contribution in [0.4, 0.5) is 0 Å². The molecule has 1 atom stereocenters. The number of carbonyl (C=O) groups is 1. The zero-order valence-electron chi connectivity index (χ0n) is 10.4. The zero-order chi connectivity index (χ0) is 13.1. The van der Waals surface area contributed by atoms with Gasteiger partial charge >= 0.3 is 5.97 Å². The quantitative estimate of drug-likeness (QED) is 0.716. The summed E-state index contributed by atoms with van der Waals surface area (Å²) in [6.45, 7) is 0. The molecule has 0 spiro atoms. The Labute approximate surface area is 106 Å². The van der Waals surface area contributed by atoms with Crippen molar-refractivity contribution in [2.24, 2.45) is 5.73 Å². The summed E-state index contributed by atoms with van der Waals surface area (Å²) in [6, 6.07) is 3.01. The largest absolute Gasteiger partial charge is 0.508 e. The average Bonchev–Trinajstić information content (AvgIpc) is 2.51. The van der Waals surface area contributed by atoms with Crippen molar-refractivity contribution in [1.82, 2.24) is 0 Å². The minimum atomic E-state index is -0.947. The van der Waals surface area contributed by atoms with Crippen LogP contribution in [0.2, 0.25) is 0 Å². The minimum Gasteiger partial charge on any atom is -0.508 e. The third kappa shape index (κ3) is 2.82. The van der Waals surface area contributed by atoms with Crippen LogP contribution in [0, 0.1) is 0 Å². The van der Waals surface area contributed by atoms with Crippen LogP contribution in [0.1, 0.15) is 48.4 Å². The fraction of sp³-hybridized carbons (Fsp3) is 0.500. The summed E-state index contributed by atoms with van der Waals surface area (Å²) < 4.78 is 0. The number of carboxylic acids is 1. The van der Waals surface area contributed by atoms with Crippen LogP contribution in [0.25, 0.3) is 0 Å². The van der Waals surface area contributed by atoms with Crippen molar-refractivity contribution in [2.75, 3.05) is 0 Å². The van der Waals surface area contributed by atoms with Gasteiger partial charge in [-0.05, 0) is 42.9 Å². The monoisotopic (exact) mass is 249 g/mol. The lowest BCUT2D eigenvalue weighted by Crippen LogP contribution is -2.15. The van der Waals surface area contributed by atoms with E-state index in [9.17, 15) is 9.90 Å². The molecule has 0 fully saturated rings. The number of fused-ring (bicyclic) bond motifs is 1. The van der Waals surface area contributed by atoms with E-state index in [0.717, 1.165) is 25.7 Å². The molecule has 0 aliphatic heterocycles. The average molecular weight is 249 g/mol. The number of carboxylic acid groups (broad SMARTS) is 1. The number of aliphatic carboxylic acids is 1. The van der Waals surface area contributed by atoms with Gasteiger partial charge in [0.1, 0.15) is 5.75 Å². The van der Waals surface area contributed by atoms with Crippen molar-refractivity contribution in [3.8, 4) is 5.75 Å². The molecule has 4 nitrogen and oxygen atoms in total. The number of aromatic hydroxyl groups is 1. The van der Waals surface area contributed by atoms with E-state index in [0.29, 0.717) is 5.56 Å². The van der Waals surface area contributed by atoms with Crippen molar-refractivity contribution in [3.63, 3.8) is 0 Å². The van der Waals surface area contributed by atoms with Crippen molar-refractivity contribution in [1.29, 1.82) is 0 Å². The molecule has 1 aromatic rings. The number of nitrogens with two attached hydrogens (primary N) is 1. The van der Waals surface area contributed by atoms with Gasteiger partial charge in [-0.15, -0.1) is 0 Å². The molecule has 0 bridgehead atoms. The molecule has 1 aliphatic carbocycles. The summed E-state index contributed by atoms with van der Waals surface area (Å²) in [6.07, 6.45) is 5.30. The Kier molecular flexibility index (Phi) is 3.87. The van der Waals surface area contributed by atoms with Crippen LogP contribution in [0.5, 0.6) is 5.75 Å². The summed E-state index contributed by atoms with van der Waals surface area (Å²) >= 11 is 0. The molecule has 0 heterocycles. The van der Waals surface area contributed by atoms with Gasteiger partial charge in [0.2, 0.25) is 0 Å². The van der Waals surface area contributed by atoms with Crippen molar-refractivity contribution >= 4 is 5.97 Å². The summed E-state index contributed by atoms with van der Waals surface area (Å²) in [5, 5.41) is 18.7. The number of hydrogen-bond donors (Lipinski definition) is 3. The van der Waals surface area contributed by atoms with Gasteiger partial charge in [0, 0.05) is 11.6 Å². The number of rotatable bonds is 3. The number of aryl methyl sites for hydroxylation is 2. The first-order chi connectivity index (χ1) is 8.58. The summed E-state index contributed by atoms with van der Waals surface area (Å²) in [5.74, 6) is -0.818. The minimum absolute atomic E-state index is 0.129. The maximum absolute atomic E-state index is 10.7. The van der Waals surface area contributed by atoms with Crippen LogP contribution < -0.4 is 5.73 Å². The SMILES string of the molecule is NC(CC(=O)O)c1cc2c(cc1O)CCCCC2. The second-order valence-corrected chi connectivity index (χ2v) is 4.94. The molecule has 0 saturated carbocycles. The highest BCUT2D eigenvalue weighted by Gasteiger charge is 2.18. The first kappa shape index (κ1) is 12.9. The van der Waals surface area contributed by atoms with Crippen LogP contribution >= 0.6 is 0 Å². The Morgan fingerprint density at radius 3 is 2.44 bits per heavy atom. The van der Waals surface area contributed by atoms with Gasteiger partial charge in [-0.2, -0.15) is 0 Å². The van der Waals surface area contributed by atoms with Gasteiger partial charge in [0.05, 0.1) is 6.42 Å². The predicted octanol–water partition coefficient (Wildman–Crippen LogP) is 2.14. The number of phenols is 1. The van der Waals surface area contributed by atoms with Gasteiger partial charge in [-0.25, -0.2) is 0 Å². The van der Waals surface area contributed by atoms with Crippen molar-refractivity contribution in [3.05, 3.63) is 28.8 Å². The van der Waals surface area contributed by atoms with Crippen LogP contribution in [-0.2, 0) is 17.6 Å². The Balaban J connectivity index is 2.31. The molecule has 0 aromatic heterocycles. The highest BCUT2D eigenvalue weighted by molar-refractivity contribution is 5.68. The van der Waals surface area contributed by atoms with Crippen LogP contribution in [0.15, 0.2) is 12.1 Å². The molecule has 0 radical (unpaired) electrons. The second-order valence-electron chi connectivity index (χ2n) is 4.94. The van der Waals surface area contributed by atoms with E-state index >= 15 is 0 Å². The van der Waals surface area contributed by atoms with E-state index in [1.165, 1.54) is 17.5 Å². The Bertz CT molecular complexity index is 457. The fourth-order valence-electron chi connectivity index (χ4n) is 2.56. The first-order valence-corrected chi connectivity index (χ1v) is 6.40. The lowest BCUT2D eigenvalue weighted by atomic mass is 9.95. The molecule has 98 valence electrons. The maximum atomic E-state index is 10.7. The summed E-state index contributed by atoms with van der Waals surface area (Å²) in [7, 11) is 0. The summed E-state index contributed by atoms with van der Waals surface area (Å²) in [5.41, 5.74) is 8.77. The molecule has 1 aromatic carbocycles.